The van der Waals surface area contributed by atoms with Crippen LogP contribution in [-0.4, -0.2) is 53.8 Å². The van der Waals surface area contributed by atoms with Gasteiger partial charge in [0.05, 0.1) is 0 Å². The number of nitrogens with zero attached hydrogens (tertiary/aromatic N) is 2. The van der Waals surface area contributed by atoms with Gasteiger partial charge in [-0.3, -0.25) is 14.5 Å². The fraction of sp³-hybridized carbons (Fsp3) is 0.600. The summed E-state index contributed by atoms with van der Waals surface area (Å²) >= 11 is 0. The Labute approximate surface area is 150 Å². The van der Waals surface area contributed by atoms with Crippen LogP contribution in [0, 0.1) is 0 Å². The second-order valence-corrected chi connectivity index (χ2v) is 7.23. The minimum absolute atomic E-state index is 0.0449. The molecule has 2 amide bonds. The SMILES string of the molecule is CC(=O)NCc1ccc(C(=O)N2CCCN(C3CCCC3)CC2)cc1. The van der Waals surface area contributed by atoms with Crippen molar-refractivity contribution in [3.63, 3.8) is 0 Å². The first-order valence-electron chi connectivity index (χ1n) is 9.50. The molecular formula is C20H29N3O2. The number of rotatable bonds is 4. The van der Waals surface area contributed by atoms with Gasteiger partial charge in [-0.15, -0.1) is 0 Å². The van der Waals surface area contributed by atoms with Crippen LogP contribution in [-0.2, 0) is 11.3 Å². The highest BCUT2D eigenvalue weighted by Gasteiger charge is 2.26. The quantitative estimate of drug-likeness (QED) is 0.913. The van der Waals surface area contributed by atoms with E-state index in [4.69, 9.17) is 0 Å². The normalized spacial score (nSPS) is 19.6. The molecule has 25 heavy (non-hydrogen) atoms. The maximum Gasteiger partial charge on any atom is 0.253 e. The zero-order valence-electron chi connectivity index (χ0n) is 15.2. The molecule has 0 atom stereocenters. The summed E-state index contributed by atoms with van der Waals surface area (Å²) in [6.07, 6.45) is 6.42. The molecule has 1 aromatic carbocycles. The van der Waals surface area contributed by atoms with Crippen molar-refractivity contribution in [1.29, 1.82) is 0 Å². The van der Waals surface area contributed by atoms with Crippen molar-refractivity contribution in [1.82, 2.24) is 15.1 Å². The van der Waals surface area contributed by atoms with E-state index in [1.165, 1.54) is 32.6 Å². The molecule has 5 nitrogen and oxygen atoms in total. The van der Waals surface area contributed by atoms with Crippen molar-refractivity contribution < 1.29 is 9.59 Å². The first-order chi connectivity index (χ1) is 12.1. The van der Waals surface area contributed by atoms with Gasteiger partial charge in [-0.25, -0.2) is 0 Å². The highest BCUT2D eigenvalue weighted by molar-refractivity contribution is 5.94. The first-order valence-corrected chi connectivity index (χ1v) is 9.50. The van der Waals surface area contributed by atoms with Crippen LogP contribution < -0.4 is 5.32 Å². The van der Waals surface area contributed by atoms with Crippen LogP contribution in [0.1, 0.15) is 54.9 Å². The maximum atomic E-state index is 12.8. The molecule has 5 heteroatoms. The topological polar surface area (TPSA) is 52.7 Å². The van der Waals surface area contributed by atoms with E-state index < -0.39 is 0 Å². The highest BCUT2D eigenvalue weighted by atomic mass is 16.2. The number of nitrogens with one attached hydrogen (secondary N) is 1. The molecule has 1 aliphatic heterocycles. The predicted molar refractivity (Wildman–Crippen MR) is 98.3 cm³/mol. The van der Waals surface area contributed by atoms with Crippen LogP contribution >= 0.6 is 0 Å². The van der Waals surface area contributed by atoms with Gasteiger partial charge in [0, 0.05) is 51.3 Å². The van der Waals surface area contributed by atoms with Crippen LogP contribution in [0.15, 0.2) is 24.3 Å². The van der Waals surface area contributed by atoms with Crippen molar-refractivity contribution in [2.75, 3.05) is 26.2 Å². The zero-order chi connectivity index (χ0) is 17.6. The first kappa shape index (κ1) is 17.9. The molecule has 0 spiro atoms. The minimum atomic E-state index is -0.0449. The van der Waals surface area contributed by atoms with Gasteiger partial charge < -0.3 is 10.2 Å². The van der Waals surface area contributed by atoms with Gasteiger partial charge in [0.25, 0.3) is 5.91 Å². The predicted octanol–water partition coefficient (Wildman–Crippen LogP) is 2.41. The molecule has 1 N–H and O–H groups in total. The Morgan fingerprint density at radius 1 is 1.00 bits per heavy atom. The number of benzene rings is 1. The summed E-state index contributed by atoms with van der Waals surface area (Å²) < 4.78 is 0. The summed E-state index contributed by atoms with van der Waals surface area (Å²) in [6, 6.07) is 8.33. The molecule has 0 bridgehead atoms. The Kier molecular flexibility index (Phi) is 6.08. The smallest absolute Gasteiger partial charge is 0.253 e. The largest absolute Gasteiger partial charge is 0.352 e. The van der Waals surface area contributed by atoms with Gasteiger partial charge in [-0.05, 0) is 37.0 Å². The zero-order valence-corrected chi connectivity index (χ0v) is 15.2. The summed E-state index contributed by atoms with van der Waals surface area (Å²) in [7, 11) is 0. The lowest BCUT2D eigenvalue weighted by Gasteiger charge is -2.27. The van der Waals surface area contributed by atoms with Gasteiger partial charge in [0.15, 0.2) is 0 Å². The van der Waals surface area contributed by atoms with E-state index in [-0.39, 0.29) is 11.8 Å². The van der Waals surface area contributed by atoms with Gasteiger partial charge >= 0.3 is 0 Å². The van der Waals surface area contributed by atoms with E-state index in [0.29, 0.717) is 6.54 Å². The summed E-state index contributed by atoms with van der Waals surface area (Å²) in [5.41, 5.74) is 1.75. The fourth-order valence-electron chi connectivity index (χ4n) is 3.95. The van der Waals surface area contributed by atoms with Crippen molar-refractivity contribution in [3.8, 4) is 0 Å². The summed E-state index contributed by atoms with van der Waals surface area (Å²) in [5, 5.41) is 2.77. The Morgan fingerprint density at radius 3 is 2.40 bits per heavy atom. The average Bonchev–Trinajstić information content (AvgIpc) is 3.04. The molecule has 2 fully saturated rings. The van der Waals surface area contributed by atoms with E-state index in [1.54, 1.807) is 0 Å². The molecule has 1 saturated heterocycles. The number of amides is 2. The monoisotopic (exact) mass is 343 g/mol. The van der Waals surface area contributed by atoms with Crippen LogP contribution in [0.2, 0.25) is 0 Å². The van der Waals surface area contributed by atoms with Gasteiger partial charge in [-0.2, -0.15) is 0 Å². The Hall–Kier alpha value is -1.88. The second-order valence-electron chi connectivity index (χ2n) is 7.23. The summed E-state index contributed by atoms with van der Waals surface area (Å²) in [5.74, 6) is 0.0795. The molecule has 136 valence electrons. The standard InChI is InChI=1S/C20H29N3O2/c1-16(24)21-15-17-7-9-18(10-8-17)20(25)23-12-4-11-22(13-14-23)19-5-2-3-6-19/h7-10,19H,2-6,11-15H2,1H3,(H,21,24). The molecule has 1 aromatic rings. The van der Waals surface area contributed by atoms with Gasteiger partial charge in [0.2, 0.25) is 5.91 Å². The lowest BCUT2D eigenvalue weighted by atomic mass is 10.1. The fourth-order valence-corrected chi connectivity index (χ4v) is 3.95. The van der Waals surface area contributed by atoms with E-state index >= 15 is 0 Å². The summed E-state index contributed by atoms with van der Waals surface area (Å²) in [6.45, 7) is 5.79. The average molecular weight is 343 g/mol. The van der Waals surface area contributed by atoms with Gasteiger partial charge in [0.1, 0.15) is 0 Å². The van der Waals surface area contributed by atoms with E-state index in [2.05, 4.69) is 10.2 Å². The number of hydrogen-bond donors (Lipinski definition) is 1. The number of carbonyl (C=O) groups is 2. The third-order valence-electron chi connectivity index (χ3n) is 5.40. The van der Waals surface area contributed by atoms with Crippen molar-refractivity contribution in [2.24, 2.45) is 0 Å². The van der Waals surface area contributed by atoms with Crippen molar-refractivity contribution in [3.05, 3.63) is 35.4 Å². The molecule has 0 unspecified atom stereocenters. The Morgan fingerprint density at radius 2 is 1.72 bits per heavy atom. The lowest BCUT2D eigenvalue weighted by molar-refractivity contribution is -0.119. The minimum Gasteiger partial charge on any atom is -0.352 e. The maximum absolute atomic E-state index is 12.8. The second kappa shape index (κ2) is 8.48. The number of carbonyl (C=O) groups excluding carboxylic acids is 2. The van der Waals surface area contributed by atoms with E-state index in [1.807, 2.05) is 29.2 Å². The van der Waals surface area contributed by atoms with Crippen molar-refractivity contribution in [2.45, 2.75) is 51.6 Å². The van der Waals surface area contributed by atoms with Crippen LogP contribution in [0.5, 0.6) is 0 Å². The molecule has 1 saturated carbocycles. The van der Waals surface area contributed by atoms with Crippen LogP contribution in [0.3, 0.4) is 0 Å². The highest BCUT2D eigenvalue weighted by Crippen LogP contribution is 2.24. The summed E-state index contributed by atoms with van der Waals surface area (Å²) in [4.78, 5) is 28.4. The Bertz CT molecular complexity index is 593. The molecule has 1 aliphatic carbocycles. The third kappa shape index (κ3) is 4.82. The molecule has 0 aromatic heterocycles. The van der Waals surface area contributed by atoms with Gasteiger partial charge in [-0.1, -0.05) is 25.0 Å². The molecule has 3 rings (SSSR count). The molecule has 2 aliphatic rings. The van der Waals surface area contributed by atoms with E-state index in [9.17, 15) is 9.59 Å². The third-order valence-corrected chi connectivity index (χ3v) is 5.40. The number of hydrogen-bond acceptors (Lipinski definition) is 3. The Balaban J connectivity index is 1.56. The van der Waals surface area contributed by atoms with Crippen LogP contribution in [0.4, 0.5) is 0 Å². The molecule has 0 radical (unpaired) electrons. The lowest BCUT2D eigenvalue weighted by Crippen LogP contribution is -2.38. The van der Waals surface area contributed by atoms with Crippen molar-refractivity contribution >= 4 is 11.8 Å². The van der Waals surface area contributed by atoms with E-state index in [0.717, 1.165) is 49.8 Å². The van der Waals surface area contributed by atoms with Crippen LogP contribution in [0.25, 0.3) is 0 Å². The molecular weight excluding hydrogens is 314 g/mol. The molecule has 1 heterocycles.